The lowest BCUT2D eigenvalue weighted by Gasteiger charge is -2.19. The van der Waals surface area contributed by atoms with Gasteiger partial charge in [0.2, 0.25) is 5.91 Å². The molecule has 0 heterocycles. The molecule has 2 atom stereocenters. The van der Waals surface area contributed by atoms with Gasteiger partial charge in [0, 0.05) is 6.04 Å². The highest BCUT2D eigenvalue weighted by Gasteiger charge is 2.17. The number of benzene rings is 1. The minimum atomic E-state index is -0.836. The molecule has 98 valence electrons. The van der Waals surface area contributed by atoms with Crippen molar-refractivity contribution in [1.82, 2.24) is 10.6 Å². The first-order valence-electron chi connectivity index (χ1n) is 5.83. The van der Waals surface area contributed by atoms with Crippen LogP contribution in [0.3, 0.4) is 0 Å². The Balaban J connectivity index is 2.61. The van der Waals surface area contributed by atoms with Crippen LogP contribution in [-0.2, 0) is 4.79 Å². The van der Waals surface area contributed by atoms with Crippen LogP contribution in [0.4, 0.5) is 4.79 Å². The second kappa shape index (κ2) is 6.16. The summed E-state index contributed by atoms with van der Waals surface area (Å²) in [5, 5.41) is 5.16. The molecule has 0 saturated carbocycles. The van der Waals surface area contributed by atoms with Crippen LogP contribution >= 0.6 is 0 Å². The van der Waals surface area contributed by atoms with Gasteiger partial charge >= 0.3 is 6.03 Å². The molecule has 0 bridgehead atoms. The number of imide groups is 1. The number of amides is 3. The summed E-state index contributed by atoms with van der Waals surface area (Å²) < 4.78 is 0. The SMILES string of the molecule is Cc1cccc([C@@H](C)NC(C)C(=O)NC(N)=O)c1. The van der Waals surface area contributed by atoms with E-state index in [9.17, 15) is 9.59 Å². The summed E-state index contributed by atoms with van der Waals surface area (Å²) in [6.45, 7) is 5.66. The third-order valence-corrected chi connectivity index (χ3v) is 2.68. The second-order valence-corrected chi connectivity index (χ2v) is 4.38. The predicted molar refractivity (Wildman–Crippen MR) is 69.9 cm³/mol. The van der Waals surface area contributed by atoms with E-state index in [1.165, 1.54) is 0 Å². The van der Waals surface area contributed by atoms with Gasteiger partial charge in [-0.1, -0.05) is 29.8 Å². The lowest BCUT2D eigenvalue weighted by atomic mass is 10.1. The maximum Gasteiger partial charge on any atom is 0.318 e. The van der Waals surface area contributed by atoms with E-state index in [1.54, 1.807) is 6.92 Å². The van der Waals surface area contributed by atoms with Crippen LogP contribution in [0, 0.1) is 6.92 Å². The van der Waals surface area contributed by atoms with Gasteiger partial charge in [-0.15, -0.1) is 0 Å². The van der Waals surface area contributed by atoms with Gasteiger partial charge < -0.3 is 5.73 Å². The topological polar surface area (TPSA) is 84.2 Å². The van der Waals surface area contributed by atoms with Gasteiger partial charge in [0.1, 0.15) is 0 Å². The minimum absolute atomic E-state index is 0.0125. The highest BCUT2D eigenvalue weighted by molar-refractivity contribution is 5.96. The first kappa shape index (κ1) is 14.2. The Hall–Kier alpha value is -1.88. The van der Waals surface area contributed by atoms with Crippen LogP contribution in [0.5, 0.6) is 0 Å². The zero-order valence-corrected chi connectivity index (χ0v) is 10.9. The Bertz CT molecular complexity index is 446. The molecule has 0 aromatic heterocycles. The number of nitrogens with one attached hydrogen (secondary N) is 2. The van der Waals surface area contributed by atoms with Gasteiger partial charge in [0.15, 0.2) is 0 Å². The van der Waals surface area contributed by atoms with Crippen LogP contribution in [0.1, 0.15) is 31.0 Å². The summed E-state index contributed by atoms with van der Waals surface area (Å²) in [5.41, 5.74) is 7.15. The Morgan fingerprint density at radius 2 is 1.94 bits per heavy atom. The van der Waals surface area contributed by atoms with E-state index in [4.69, 9.17) is 5.73 Å². The average Bonchev–Trinajstić information content (AvgIpc) is 2.27. The molecule has 18 heavy (non-hydrogen) atoms. The van der Waals surface area contributed by atoms with E-state index >= 15 is 0 Å². The molecular weight excluding hydrogens is 230 g/mol. The third kappa shape index (κ3) is 4.18. The number of primary amides is 1. The van der Waals surface area contributed by atoms with Crippen LogP contribution in [0.25, 0.3) is 0 Å². The summed E-state index contributed by atoms with van der Waals surface area (Å²) in [6, 6.07) is 6.71. The average molecular weight is 249 g/mol. The van der Waals surface area contributed by atoms with E-state index in [-0.39, 0.29) is 6.04 Å². The molecule has 0 aliphatic heterocycles. The van der Waals surface area contributed by atoms with Gasteiger partial charge in [-0.05, 0) is 26.3 Å². The Morgan fingerprint density at radius 3 is 2.50 bits per heavy atom. The molecule has 1 aromatic carbocycles. The smallest absolute Gasteiger partial charge is 0.318 e. The number of carbonyl (C=O) groups excluding carboxylic acids is 2. The van der Waals surface area contributed by atoms with Gasteiger partial charge in [-0.3, -0.25) is 15.4 Å². The van der Waals surface area contributed by atoms with Crippen molar-refractivity contribution in [3.05, 3.63) is 35.4 Å². The molecule has 1 rings (SSSR count). The monoisotopic (exact) mass is 249 g/mol. The van der Waals surface area contributed by atoms with Gasteiger partial charge in [-0.2, -0.15) is 0 Å². The lowest BCUT2D eigenvalue weighted by molar-refractivity contribution is -0.121. The number of hydrogen-bond donors (Lipinski definition) is 3. The van der Waals surface area contributed by atoms with E-state index in [1.807, 2.05) is 37.4 Å². The fourth-order valence-corrected chi connectivity index (χ4v) is 1.72. The van der Waals surface area contributed by atoms with E-state index < -0.39 is 18.0 Å². The van der Waals surface area contributed by atoms with Crippen LogP contribution < -0.4 is 16.4 Å². The van der Waals surface area contributed by atoms with Gasteiger partial charge in [0.25, 0.3) is 0 Å². The summed E-state index contributed by atoms with van der Waals surface area (Å²) >= 11 is 0. The number of carbonyl (C=O) groups is 2. The van der Waals surface area contributed by atoms with Gasteiger partial charge in [0.05, 0.1) is 6.04 Å². The summed E-state index contributed by atoms with van der Waals surface area (Å²) in [7, 11) is 0. The van der Waals surface area contributed by atoms with Crippen molar-refractivity contribution in [1.29, 1.82) is 0 Å². The lowest BCUT2D eigenvalue weighted by Crippen LogP contribution is -2.47. The van der Waals surface area contributed by atoms with Crippen molar-refractivity contribution in [2.75, 3.05) is 0 Å². The quantitative estimate of drug-likeness (QED) is 0.750. The third-order valence-electron chi connectivity index (χ3n) is 2.68. The van der Waals surface area contributed by atoms with Crippen molar-refractivity contribution in [3.8, 4) is 0 Å². The zero-order chi connectivity index (χ0) is 13.7. The molecule has 3 amide bonds. The molecule has 4 N–H and O–H groups in total. The minimum Gasteiger partial charge on any atom is -0.351 e. The van der Waals surface area contributed by atoms with Crippen molar-refractivity contribution < 1.29 is 9.59 Å². The van der Waals surface area contributed by atoms with E-state index in [0.29, 0.717) is 0 Å². The molecule has 0 aliphatic rings. The first-order valence-corrected chi connectivity index (χ1v) is 5.83. The van der Waals surface area contributed by atoms with Crippen molar-refractivity contribution in [2.24, 2.45) is 5.73 Å². The maximum absolute atomic E-state index is 11.5. The summed E-state index contributed by atoms with van der Waals surface area (Å²) in [4.78, 5) is 22.1. The van der Waals surface area contributed by atoms with Crippen molar-refractivity contribution >= 4 is 11.9 Å². The Morgan fingerprint density at radius 1 is 1.28 bits per heavy atom. The number of aryl methyl sites for hydroxylation is 1. The molecule has 5 nitrogen and oxygen atoms in total. The predicted octanol–water partition coefficient (Wildman–Crippen LogP) is 1.23. The maximum atomic E-state index is 11.5. The van der Waals surface area contributed by atoms with Crippen LogP contribution in [0.15, 0.2) is 24.3 Å². The first-order chi connectivity index (χ1) is 8.40. The molecule has 0 aliphatic carbocycles. The van der Waals surface area contributed by atoms with E-state index in [2.05, 4.69) is 11.4 Å². The highest BCUT2D eigenvalue weighted by Crippen LogP contribution is 2.14. The fourth-order valence-electron chi connectivity index (χ4n) is 1.72. The summed E-state index contributed by atoms with van der Waals surface area (Å²) in [5.74, 6) is -0.429. The second-order valence-electron chi connectivity index (χ2n) is 4.38. The normalized spacial score (nSPS) is 13.7. The number of urea groups is 1. The standard InChI is InChI=1S/C13H19N3O2/c1-8-5-4-6-11(7-8)9(2)15-10(3)12(17)16-13(14)18/h4-7,9-10,15H,1-3H3,(H3,14,16,17,18)/t9-,10?/m1/s1. The number of nitrogens with two attached hydrogens (primary N) is 1. The van der Waals surface area contributed by atoms with Crippen molar-refractivity contribution in [2.45, 2.75) is 32.9 Å². The highest BCUT2D eigenvalue weighted by atomic mass is 16.2. The van der Waals surface area contributed by atoms with Crippen LogP contribution in [-0.4, -0.2) is 18.0 Å². The molecular formula is C13H19N3O2. The molecule has 0 fully saturated rings. The van der Waals surface area contributed by atoms with Crippen LogP contribution in [0.2, 0.25) is 0 Å². The molecule has 0 saturated heterocycles. The van der Waals surface area contributed by atoms with Gasteiger partial charge in [-0.25, -0.2) is 4.79 Å². The fraction of sp³-hybridized carbons (Fsp3) is 0.385. The Kier molecular flexibility index (Phi) is 4.85. The molecule has 0 spiro atoms. The van der Waals surface area contributed by atoms with Crippen molar-refractivity contribution in [3.63, 3.8) is 0 Å². The number of hydrogen-bond acceptors (Lipinski definition) is 3. The number of rotatable bonds is 4. The molecule has 1 unspecified atom stereocenters. The summed E-state index contributed by atoms with van der Waals surface area (Å²) in [6.07, 6.45) is 0. The Labute approximate surface area is 107 Å². The molecule has 0 radical (unpaired) electrons. The largest absolute Gasteiger partial charge is 0.351 e. The zero-order valence-electron chi connectivity index (χ0n) is 10.9. The van der Waals surface area contributed by atoms with E-state index in [0.717, 1.165) is 11.1 Å². The molecule has 5 heteroatoms. The molecule has 1 aromatic rings.